The molecule has 1 saturated carbocycles. The molecule has 1 aliphatic heterocycles. The maximum atomic E-state index is 13.5. The number of ether oxygens (including phenoxy) is 1. The summed E-state index contributed by atoms with van der Waals surface area (Å²) in [4.78, 5) is 14.3. The molecule has 1 amide bonds. The molecule has 29 heavy (non-hydrogen) atoms. The van der Waals surface area contributed by atoms with Crippen molar-refractivity contribution in [2.75, 3.05) is 26.3 Å². The van der Waals surface area contributed by atoms with Crippen LogP contribution in [-0.4, -0.2) is 53.6 Å². The highest BCUT2D eigenvalue weighted by Gasteiger charge is 2.36. The van der Waals surface area contributed by atoms with Crippen molar-refractivity contribution < 1.29 is 18.3 Å². The summed E-state index contributed by atoms with van der Waals surface area (Å²) in [7, 11) is 0. The van der Waals surface area contributed by atoms with E-state index in [1.807, 2.05) is 16.7 Å². The number of fused-ring (bicyclic) bond motifs is 1. The molecule has 1 aromatic heterocycles. The molecular weight excluding hydrogens is 400 g/mol. The molecule has 1 aromatic carbocycles. The van der Waals surface area contributed by atoms with Gasteiger partial charge in [-0.05, 0) is 30.9 Å². The molecule has 2 aromatic rings. The number of nitrogens with two attached hydrogens (primary N) is 1. The summed E-state index contributed by atoms with van der Waals surface area (Å²) in [5.74, 6) is -2.73. The fraction of sp³-hybridized carbons (Fsp3) is 0.571. The Labute approximate surface area is 173 Å². The third-order valence-electron chi connectivity index (χ3n) is 6.21. The first-order chi connectivity index (χ1) is 13.8. The van der Waals surface area contributed by atoms with Gasteiger partial charge in [0.1, 0.15) is 0 Å². The smallest absolute Gasteiger partial charge is 0.250 e. The van der Waals surface area contributed by atoms with Crippen LogP contribution in [0.1, 0.15) is 36.0 Å². The van der Waals surface area contributed by atoms with Crippen LogP contribution >= 0.6 is 11.6 Å². The summed E-state index contributed by atoms with van der Waals surface area (Å²) in [5, 5.41) is 1.16. The van der Waals surface area contributed by atoms with Crippen molar-refractivity contribution in [2.24, 2.45) is 11.7 Å². The molecule has 2 N–H and O–H groups in total. The summed E-state index contributed by atoms with van der Waals surface area (Å²) in [5.41, 5.74) is 6.82. The molecule has 8 heteroatoms. The topological polar surface area (TPSA) is 60.5 Å². The molecular formula is C21H26ClF2N3O2. The van der Waals surface area contributed by atoms with Gasteiger partial charge in [0.2, 0.25) is 5.92 Å². The molecule has 0 spiro atoms. The second-order valence-electron chi connectivity index (χ2n) is 8.22. The molecule has 158 valence electrons. The minimum Gasteiger partial charge on any atom is -0.378 e. The number of benzene rings is 1. The van der Waals surface area contributed by atoms with E-state index >= 15 is 0 Å². The van der Waals surface area contributed by atoms with Gasteiger partial charge in [-0.1, -0.05) is 17.7 Å². The van der Waals surface area contributed by atoms with E-state index in [9.17, 15) is 13.6 Å². The van der Waals surface area contributed by atoms with Gasteiger partial charge in [-0.3, -0.25) is 9.69 Å². The Bertz CT molecular complexity index is 891. The first-order valence-corrected chi connectivity index (χ1v) is 10.5. The Hall–Kier alpha value is -1.70. The number of halogens is 3. The molecule has 1 atom stereocenters. The first-order valence-electron chi connectivity index (χ1n) is 10.1. The molecule has 5 nitrogen and oxygen atoms in total. The van der Waals surface area contributed by atoms with E-state index in [0.717, 1.165) is 18.6 Å². The fourth-order valence-corrected chi connectivity index (χ4v) is 4.86. The largest absolute Gasteiger partial charge is 0.378 e. The predicted molar refractivity (Wildman–Crippen MR) is 109 cm³/mol. The van der Waals surface area contributed by atoms with Crippen molar-refractivity contribution in [1.29, 1.82) is 0 Å². The molecule has 2 fully saturated rings. The Morgan fingerprint density at radius 2 is 2.03 bits per heavy atom. The summed E-state index contributed by atoms with van der Waals surface area (Å²) < 4.78 is 34.7. The van der Waals surface area contributed by atoms with Gasteiger partial charge in [-0.2, -0.15) is 0 Å². The van der Waals surface area contributed by atoms with Crippen molar-refractivity contribution in [3.63, 3.8) is 0 Å². The average molecular weight is 426 g/mol. The zero-order valence-corrected chi connectivity index (χ0v) is 17.0. The normalized spacial score (nSPS) is 23.5. The third-order valence-corrected chi connectivity index (χ3v) is 6.52. The van der Waals surface area contributed by atoms with E-state index in [1.54, 1.807) is 12.3 Å². The van der Waals surface area contributed by atoms with Gasteiger partial charge in [0.05, 0.1) is 35.4 Å². The van der Waals surface area contributed by atoms with Crippen LogP contribution in [0.15, 0.2) is 24.4 Å². The average Bonchev–Trinajstić information content (AvgIpc) is 3.05. The number of carbonyl (C=O) groups is 1. The number of aromatic nitrogens is 1. The number of rotatable bonds is 5. The summed E-state index contributed by atoms with van der Waals surface area (Å²) in [6, 6.07) is 5.62. The molecule has 0 radical (unpaired) electrons. The van der Waals surface area contributed by atoms with E-state index in [-0.39, 0.29) is 24.8 Å². The van der Waals surface area contributed by atoms with E-state index in [4.69, 9.17) is 22.1 Å². The Balaban J connectivity index is 1.53. The number of hydrogen-bond donors (Lipinski definition) is 1. The van der Waals surface area contributed by atoms with Gasteiger partial charge >= 0.3 is 0 Å². The number of amides is 1. The van der Waals surface area contributed by atoms with Crippen LogP contribution in [0, 0.1) is 5.92 Å². The molecule has 4 rings (SSSR count). The maximum Gasteiger partial charge on any atom is 0.250 e. The number of nitrogens with zero attached hydrogens (tertiary/aromatic N) is 2. The standard InChI is InChI=1S/C21H26ClF2N3O2/c22-17-2-1-3-18-19(17)16(20(25)28)12-27(18)11-15-13-29-9-8-26(15)10-14-4-6-21(23,24)7-5-14/h1-3,12,14-15H,4-11,13H2,(H2,25,28). The lowest BCUT2D eigenvalue weighted by Crippen LogP contribution is -2.49. The lowest BCUT2D eigenvalue weighted by Gasteiger charge is -2.39. The molecule has 1 saturated heterocycles. The number of hydrogen-bond acceptors (Lipinski definition) is 3. The van der Waals surface area contributed by atoms with Crippen molar-refractivity contribution in [1.82, 2.24) is 9.47 Å². The highest BCUT2D eigenvalue weighted by atomic mass is 35.5. The highest BCUT2D eigenvalue weighted by molar-refractivity contribution is 6.36. The monoisotopic (exact) mass is 425 g/mol. The van der Waals surface area contributed by atoms with Crippen LogP contribution < -0.4 is 5.73 Å². The van der Waals surface area contributed by atoms with E-state index in [1.165, 1.54) is 0 Å². The summed E-state index contributed by atoms with van der Waals surface area (Å²) in [6.45, 7) is 3.40. The zero-order chi connectivity index (χ0) is 20.6. The summed E-state index contributed by atoms with van der Waals surface area (Å²) in [6.07, 6.45) is 2.84. The minimum absolute atomic E-state index is 0.0185. The SMILES string of the molecule is NC(=O)c1cn(CC2COCCN2CC2CCC(F)(F)CC2)c2cccc(Cl)c12. The maximum absolute atomic E-state index is 13.5. The van der Waals surface area contributed by atoms with Gasteiger partial charge < -0.3 is 15.0 Å². The van der Waals surface area contributed by atoms with Crippen molar-refractivity contribution in [3.8, 4) is 0 Å². The lowest BCUT2D eigenvalue weighted by molar-refractivity contribution is -0.0605. The molecule has 1 unspecified atom stereocenters. The van der Waals surface area contributed by atoms with Gasteiger partial charge in [-0.15, -0.1) is 0 Å². The lowest BCUT2D eigenvalue weighted by atomic mass is 9.86. The van der Waals surface area contributed by atoms with Crippen LogP contribution in [-0.2, 0) is 11.3 Å². The number of alkyl halides is 2. The third kappa shape index (κ3) is 4.42. The van der Waals surface area contributed by atoms with Gasteiger partial charge in [0.15, 0.2) is 0 Å². The first kappa shape index (κ1) is 20.6. The van der Waals surface area contributed by atoms with Crippen molar-refractivity contribution in [2.45, 2.75) is 44.2 Å². The number of primary amides is 1. The zero-order valence-electron chi connectivity index (χ0n) is 16.3. The number of carbonyl (C=O) groups excluding carboxylic acids is 1. The number of morpholine rings is 1. The Morgan fingerprint density at radius 3 is 2.76 bits per heavy atom. The molecule has 1 aliphatic carbocycles. The van der Waals surface area contributed by atoms with E-state index < -0.39 is 11.8 Å². The Kier molecular flexibility index (Phi) is 5.82. The Morgan fingerprint density at radius 1 is 1.28 bits per heavy atom. The van der Waals surface area contributed by atoms with E-state index in [2.05, 4.69) is 4.90 Å². The van der Waals surface area contributed by atoms with Crippen LogP contribution in [0.2, 0.25) is 5.02 Å². The van der Waals surface area contributed by atoms with Gasteiger partial charge in [0, 0.05) is 44.1 Å². The van der Waals surface area contributed by atoms with Crippen LogP contribution in [0.5, 0.6) is 0 Å². The van der Waals surface area contributed by atoms with Gasteiger partial charge in [-0.25, -0.2) is 8.78 Å². The second kappa shape index (κ2) is 8.20. The summed E-state index contributed by atoms with van der Waals surface area (Å²) >= 11 is 6.33. The molecule has 0 bridgehead atoms. The fourth-order valence-electron chi connectivity index (χ4n) is 4.59. The van der Waals surface area contributed by atoms with Crippen LogP contribution in [0.25, 0.3) is 10.9 Å². The minimum atomic E-state index is -2.50. The predicted octanol–water partition coefficient (Wildman–Crippen LogP) is 3.92. The quantitative estimate of drug-likeness (QED) is 0.789. The van der Waals surface area contributed by atoms with E-state index in [0.29, 0.717) is 48.6 Å². The molecule has 2 heterocycles. The molecule has 2 aliphatic rings. The van der Waals surface area contributed by atoms with Gasteiger partial charge in [0.25, 0.3) is 5.91 Å². The van der Waals surface area contributed by atoms with Crippen LogP contribution in [0.4, 0.5) is 8.78 Å². The van der Waals surface area contributed by atoms with Crippen molar-refractivity contribution in [3.05, 3.63) is 35.0 Å². The van der Waals surface area contributed by atoms with Crippen LogP contribution in [0.3, 0.4) is 0 Å². The highest BCUT2D eigenvalue weighted by Crippen LogP contribution is 2.37. The van der Waals surface area contributed by atoms with Crippen molar-refractivity contribution >= 4 is 28.4 Å². The second-order valence-corrected chi connectivity index (χ2v) is 8.62.